The normalized spacial score (nSPS) is 33.0. The Kier molecular flexibility index (Phi) is 3.16. The lowest BCUT2D eigenvalue weighted by atomic mass is 10.1. The molecule has 1 aliphatic heterocycles. The highest BCUT2D eigenvalue weighted by molar-refractivity contribution is 4.73. The molecule has 2 heteroatoms. The van der Waals surface area contributed by atoms with Crippen molar-refractivity contribution in [1.29, 1.82) is 0 Å². The maximum absolute atomic E-state index is 5.63. The van der Waals surface area contributed by atoms with Crippen LogP contribution in [0.25, 0.3) is 0 Å². The molecule has 0 unspecified atom stereocenters. The van der Waals surface area contributed by atoms with Crippen molar-refractivity contribution in [3.63, 3.8) is 0 Å². The van der Waals surface area contributed by atoms with Gasteiger partial charge in [-0.15, -0.1) is 0 Å². The zero-order valence-electron chi connectivity index (χ0n) is 6.68. The molecular formula is C8H17NO. The smallest absolute Gasteiger partial charge is 0.0702 e. The second-order valence-electron chi connectivity index (χ2n) is 2.98. The van der Waals surface area contributed by atoms with E-state index in [2.05, 4.69) is 6.92 Å². The van der Waals surface area contributed by atoms with Gasteiger partial charge in [0.2, 0.25) is 0 Å². The van der Waals surface area contributed by atoms with E-state index in [0.717, 1.165) is 0 Å². The quantitative estimate of drug-likeness (QED) is 0.646. The van der Waals surface area contributed by atoms with Crippen LogP contribution in [0.5, 0.6) is 0 Å². The molecule has 60 valence electrons. The summed E-state index contributed by atoms with van der Waals surface area (Å²) in [6.07, 6.45) is 5.69. The second-order valence-corrected chi connectivity index (χ2v) is 2.98. The van der Waals surface area contributed by atoms with Gasteiger partial charge in [-0.25, -0.2) is 0 Å². The number of hydrogen-bond donors (Lipinski definition) is 1. The fourth-order valence-corrected chi connectivity index (χ4v) is 1.49. The number of hydrogen-bond acceptors (Lipinski definition) is 2. The van der Waals surface area contributed by atoms with Gasteiger partial charge in [-0.2, -0.15) is 0 Å². The molecule has 0 amide bonds. The van der Waals surface area contributed by atoms with E-state index in [0.29, 0.717) is 18.8 Å². The Morgan fingerprint density at radius 3 is 2.60 bits per heavy atom. The largest absolute Gasteiger partial charge is 0.374 e. The van der Waals surface area contributed by atoms with Crippen molar-refractivity contribution in [3.8, 4) is 0 Å². The van der Waals surface area contributed by atoms with E-state index >= 15 is 0 Å². The second kappa shape index (κ2) is 3.94. The van der Waals surface area contributed by atoms with Crippen molar-refractivity contribution in [2.45, 2.75) is 44.8 Å². The summed E-state index contributed by atoms with van der Waals surface area (Å²) in [5.41, 5.74) is 5.47. The predicted molar refractivity (Wildman–Crippen MR) is 41.9 cm³/mol. The minimum absolute atomic E-state index is 0.358. The summed E-state index contributed by atoms with van der Waals surface area (Å²) in [4.78, 5) is 0. The first kappa shape index (κ1) is 8.02. The molecule has 10 heavy (non-hydrogen) atoms. The first-order valence-electron chi connectivity index (χ1n) is 4.22. The van der Waals surface area contributed by atoms with Crippen LogP contribution in [-0.2, 0) is 4.74 Å². The maximum atomic E-state index is 5.63. The van der Waals surface area contributed by atoms with Crippen LogP contribution < -0.4 is 5.73 Å². The molecule has 1 rings (SSSR count). The van der Waals surface area contributed by atoms with Gasteiger partial charge in [0.05, 0.1) is 12.2 Å². The van der Waals surface area contributed by atoms with E-state index in [1.54, 1.807) is 0 Å². The standard InChI is InChI=1S/C8H17NO/c1-2-3-7-4-5-8(6-9)10-7/h7-8H,2-6,9H2,1H3/t7-,8-/m0/s1. The summed E-state index contributed by atoms with van der Waals surface area (Å²) in [7, 11) is 0. The van der Waals surface area contributed by atoms with Crippen molar-refractivity contribution in [3.05, 3.63) is 0 Å². The summed E-state index contributed by atoms with van der Waals surface area (Å²) in [5.74, 6) is 0. The van der Waals surface area contributed by atoms with E-state index in [1.807, 2.05) is 0 Å². The average molecular weight is 143 g/mol. The minimum Gasteiger partial charge on any atom is -0.374 e. The molecular weight excluding hydrogens is 126 g/mol. The Morgan fingerprint density at radius 2 is 2.10 bits per heavy atom. The summed E-state index contributed by atoms with van der Waals surface area (Å²) < 4.78 is 5.63. The van der Waals surface area contributed by atoms with E-state index in [-0.39, 0.29) is 0 Å². The molecule has 2 N–H and O–H groups in total. The van der Waals surface area contributed by atoms with Gasteiger partial charge >= 0.3 is 0 Å². The zero-order chi connectivity index (χ0) is 7.40. The van der Waals surface area contributed by atoms with Crippen LogP contribution in [0.3, 0.4) is 0 Å². The van der Waals surface area contributed by atoms with Crippen molar-refractivity contribution < 1.29 is 4.74 Å². The molecule has 1 heterocycles. The first-order chi connectivity index (χ1) is 4.86. The SMILES string of the molecule is CCC[C@H]1CC[C@@H](CN)O1. The van der Waals surface area contributed by atoms with Crippen LogP contribution in [0, 0.1) is 0 Å². The Hall–Kier alpha value is -0.0800. The van der Waals surface area contributed by atoms with Gasteiger partial charge < -0.3 is 10.5 Å². The molecule has 0 aromatic carbocycles. The van der Waals surface area contributed by atoms with E-state index in [4.69, 9.17) is 10.5 Å². The van der Waals surface area contributed by atoms with Crippen LogP contribution in [0.4, 0.5) is 0 Å². The minimum atomic E-state index is 0.358. The Labute approximate surface area is 62.7 Å². The molecule has 1 saturated heterocycles. The third-order valence-electron chi connectivity index (χ3n) is 2.07. The predicted octanol–water partition coefficient (Wildman–Crippen LogP) is 1.29. The lowest BCUT2D eigenvalue weighted by Gasteiger charge is -2.10. The fraction of sp³-hybridized carbons (Fsp3) is 1.00. The van der Waals surface area contributed by atoms with Gasteiger partial charge in [0.15, 0.2) is 0 Å². The van der Waals surface area contributed by atoms with Crippen molar-refractivity contribution in [2.24, 2.45) is 5.73 Å². The highest BCUT2D eigenvalue weighted by Crippen LogP contribution is 2.21. The van der Waals surface area contributed by atoms with E-state index < -0.39 is 0 Å². The molecule has 0 saturated carbocycles. The van der Waals surface area contributed by atoms with E-state index in [9.17, 15) is 0 Å². The molecule has 0 bridgehead atoms. The molecule has 0 aromatic rings. The summed E-state index contributed by atoms with van der Waals surface area (Å²) in [5, 5.41) is 0. The van der Waals surface area contributed by atoms with Crippen LogP contribution >= 0.6 is 0 Å². The third-order valence-corrected chi connectivity index (χ3v) is 2.07. The van der Waals surface area contributed by atoms with Crippen LogP contribution in [0.2, 0.25) is 0 Å². The molecule has 1 aliphatic rings. The van der Waals surface area contributed by atoms with Crippen LogP contribution in [0.1, 0.15) is 32.6 Å². The van der Waals surface area contributed by atoms with Gasteiger partial charge in [0.25, 0.3) is 0 Å². The molecule has 2 nitrogen and oxygen atoms in total. The lowest BCUT2D eigenvalue weighted by Crippen LogP contribution is -2.20. The molecule has 2 atom stereocenters. The van der Waals surface area contributed by atoms with Crippen LogP contribution in [-0.4, -0.2) is 18.8 Å². The molecule has 1 fully saturated rings. The lowest BCUT2D eigenvalue weighted by molar-refractivity contribution is 0.0452. The highest BCUT2D eigenvalue weighted by atomic mass is 16.5. The monoisotopic (exact) mass is 143 g/mol. The summed E-state index contributed by atoms with van der Waals surface area (Å²) >= 11 is 0. The molecule has 0 radical (unpaired) electrons. The van der Waals surface area contributed by atoms with Crippen LogP contribution in [0.15, 0.2) is 0 Å². The fourth-order valence-electron chi connectivity index (χ4n) is 1.49. The Balaban J connectivity index is 2.15. The average Bonchev–Trinajstić information content (AvgIpc) is 2.37. The van der Waals surface area contributed by atoms with Gasteiger partial charge in [-0.3, -0.25) is 0 Å². The molecule has 0 aromatic heterocycles. The number of nitrogens with two attached hydrogens (primary N) is 1. The topological polar surface area (TPSA) is 35.2 Å². The summed E-state index contributed by atoms with van der Waals surface area (Å²) in [6, 6.07) is 0. The zero-order valence-corrected chi connectivity index (χ0v) is 6.68. The number of ether oxygens (including phenoxy) is 1. The number of rotatable bonds is 3. The highest BCUT2D eigenvalue weighted by Gasteiger charge is 2.22. The first-order valence-corrected chi connectivity index (χ1v) is 4.22. The third kappa shape index (κ3) is 1.96. The van der Waals surface area contributed by atoms with E-state index in [1.165, 1.54) is 25.7 Å². The van der Waals surface area contributed by atoms with Gasteiger partial charge in [-0.05, 0) is 19.3 Å². The van der Waals surface area contributed by atoms with Crippen molar-refractivity contribution >= 4 is 0 Å². The van der Waals surface area contributed by atoms with Gasteiger partial charge in [0, 0.05) is 6.54 Å². The van der Waals surface area contributed by atoms with Gasteiger partial charge in [0.1, 0.15) is 0 Å². The Bertz CT molecular complexity index is 95.3. The Morgan fingerprint density at radius 1 is 1.40 bits per heavy atom. The molecule has 0 aliphatic carbocycles. The maximum Gasteiger partial charge on any atom is 0.0702 e. The van der Waals surface area contributed by atoms with Crippen molar-refractivity contribution in [1.82, 2.24) is 0 Å². The molecule has 0 spiro atoms. The van der Waals surface area contributed by atoms with Crippen molar-refractivity contribution in [2.75, 3.05) is 6.54 Å². The summed E-state index contributed by atoms with van der Waals surface area (Å²) in [6.45, 7) is 2.89. The van der Waals surface area contributed by atoms with Gasteiger partial charge in [-0.1, -0.05) is 13.3 Å².